The van der Waals surface area contributed by atoms with E-state index in [1.807, 2.05) is 23.1 Å². The van der Waals surface area contributed by atoms with Crippen LogP contribution >= 0.6 is 0 Å². The molecule has 2 N–H and O–H groups in total. The lowest BCUT2D eigenvalue weighted by atomic mass is 9.83. The summed E-state index contributed by atoms with van der Waals surface area (Å²) in [6.07, 6.45) is 16.3. The first-order valence-corrected chi connectivity index (χ1v) is 12.1. The molecule has 6 nitrogen and oxygen atoms in total. The SMILES string of the molecule is CCCCCCCN1C\C=C/C(C(/C=C/c2ccc(C(=O)O)cc2)=N/O)=C\CC(C)(C)CC1=O. The van der Waals surface area contributed by atoms with Crippen LogP contribution in [-0.4, -0.2) is 45.9 Å². The van der Waals surface area contributed by atoms with Crippen LogP contribution in [0, 0.1) is 5.41 Å². The summed E-state index contributed by atoms with van der Waals surface area (Å²) in [4.78, 5) is 25.9. The quantitative estimate of drug-likeness (QED) is 0.182. The van der Waals surface area contributed by atoms with E-state index in [1.54, 1.807) is 24.3 Å². The summed E-state index contributed by atoms with van der Waals surface area (Å²) in [5, 5.41) is 22.2. The minimum atomic E-state index is -0.971. The first kappa shape index (κ1) is 27.1. The van der Waals surface area contributed by atoms with Crippen molar-refractivity contribution in [1.29, 1.82) is 0 Å². The molecule has 0 radical (unpaired) electrons. The van der Waals surface area contributed by atoms with Gasteiger partial charge >= 0.3 is 5.97 Å². The van der Waals surface area contributed by atoms with Crippen LogP contribution in [0.3, 0.4) is 0 Å². The molecule has 1 heterocycles. The van der Waals surface area contributed by atoms with Crippen LogP contribution in [0.1, 0.15) is 81.6 Å². The third-order valence-electron chi connectivity index (χ3n) is 6.01. The largest absolute Gasteiger partial charge is 0.478 e. The number of hydrogen-bond acceptors (Lipinski definition) is 4. The maximum Gasteiger partial charge on any atom is 0.335 e. The smallest absolute Gasteiger partial charge is 0.335 e. The number of benzene rings is 1. The molecule has 2 rings (SSSR count). The van der Waals surface area contributed by atoms with E-state index in [4.69, 9.17) is 5.11 Å². The van der Waals surface area contributed by atoms with Gasteiger partial charge in [0.2, 0.25) is 5.91 Å². The lowest BCUT2D eigenvalue weighted by Crippen LogP contribution is -2.35. The van der Waals surface area contributed by atoms with Gasteiger partial charge in [-0.25, -0.2) is 4.79 Å². The second-order valence-electron chi connectivity index (χ2n) is 9.61. The maximum absolute atomic E-state index is 12.9. The molecule has 1 amide bonds. The van der Waals surface area contributed by atoms with Gasteiger partial charge in [-0.3, -0.25) is 4.79 Å². The molecule has 0 aliphatic carbocycles. The number of carboxylic acids is 1. The number of carboxylic acid groups (broad SMARTS) is 1. The van der Waals surface area contributed by atoms with Gasteiger partial charge in [-0.1, -0.05) is 88.0 Å². The Balaban J connectivity index is 2.16. The highest BCUT2D eigenvalue weighted by atomic mass is 16.4. The Morgan fingerprint density at radius 2 is 1.85 bits per heavy atom. The third kappa shape index (κ3) is 9.00. The average Bonchev–Trinajstić information content (AvgIpc) is 2.80. The van der Waals surface area contributed by atoms with Gasteiger partial charge in [0.15, 0.2) is 0 Å². The monoisotopic (exact) mass is 466 g/mol. The highest BCUT2D eigenvalue weighted by Gasteiger charge is 2.25. The van der Waals surface area contributed by atoms with Crippen LogP contribution in [0.15, 0.2) is 59.3 Å². The van der Waals surface area contributed by atoms with E-state index in [0.29, 0.717) is 25.1 Å². The van der Waals surface area contributed by atoms with Crippen LogP contribution in [0.25, 0.3) is 6.08 Å². The molecule has 6 heteroatoms. The molecule has 0 spiro atoms. The standard InChI is InChI=1S/C28H38N2O4/c1-4-5-6-7-8-19-30-20-9-10-23(17-18-28(2,3)21-26(30)31)25(29-34)16-13-22-11-14-24(15-12-22)27(32)33/h9-17,34H,4-8,18-21H2,1-3H3,(H,32,33)/b10-9-,16-13+,23-17+,29-25+. The van der Waals surface area contributed by atoms with Crippen molar-refractivity contribution in [2.24, 2.45) is 10.6 Å². The summed E-state index contributed by atoms with van der Waals surface area (Å²) >= 11 is 0. The second kappa shape index (κ2) is 13.5. The minimum absolute atomic E-state index is 0.183. The molecule has 34 heavy (non-hydrogen) atoms. The van der Waals surface area contributed by atoms with E-state index in [0.717, 1.165) is 30.5 Å². The number of carbonyl (C=O) groups excluding carboxylic acids is 1. The van der Waals surface area contributed by atoms with Crippen LogP contribution in [-0.2, 0) is 4.79 Å². The fourth-order valence-electron chi connectivity index (χ4n) is 3.87. The zero-order valence-electron chi connectivity index (χ0n) is 20.7. The van der Waals surface area contributed by atoms with E-state index in [-0.39, 0.29) is 16.9 Å². The van der Waals surface area contributed by atoms with E-state index in [9.17, 15) is 14.8 Å². The van der Waals surface area contributed by atoms with E-state index >= 15 is 0 Å². The van der Waals surface area contributed by atoms with Crippen LogP contribution < -0.4 is 0 Å². The Labute approximate surface area is 203 Å². The Morgan fingerprint density at radius 3 is 2.50 bits per heavy atom. The molecule has 0 aromatic heterocycles. The number of hydrogen-bond donors (Lipinski definition) is 2. The summed E-state index contributed by atoms with van der Waals surface area (Å²) in [7, 11) is 0. The number of aromatic carboxylic acids is 1. The number of nitrogens with zero attached hydrogens (tertiary/aromatic N) is 2. The third-order valence-corrected chi connectivity index (χ3v) is 6.01. The van der Waals surface area contributed by atoms with Crippen molar-refractivity contribution >= 4 is 23.7 Å². The molecule has 0 atom stereocenters. The van der Waals surface area contributed by atoms with Gasteiger partial charge in [-0.15, -0.1) is 0 Å². The molecule has 1 aromatic carbocycles. The van der Waals surface area contributed by atoms with Gasteiger partial charge in [0.05, 0.1) is 5.56 Å². The second-order valence-corrected chi connectivity index (χ2v) is 9.61. The zero-order valence-corrected chi connectivity index (χ0v) is 20.7. The molecule has 0 unspecified atom stereocenters. The van der Waals surface area contributed by atoms with Crippen LogP contribution in [0.4, 0.5) is 0 Å². The zero-order chi connectivity index (χ0) is 25.0. The number of unbranched alkanes of at least 4 members (excludes halogenated alkanes) is 4. The number of rotatable bonds is 10. The van der Waals surface area contributed by atoms with E-state index in [2.05, 4.69) is 25.9 Å². The summed E-state index contributed by atoms with van der Waals surface area (Å²) in [5.74, 6) is -0.788. The molecule has 1 aliphatic heterocycles. The highest BCUT2D eigenvalue weighted by Crippen LogP contribution is 2.28. The van der Waals surface area contributed by atoms with Gasteiger partial charge in [0.25, 0.3) is 0 Å². The molecule has 1 aromatic rings. The van der Waals surface area contributed by atoms with Gasteiger partial charge in [0, 0.05) is 19.5 Å². The number of oxime groups is 1. The van der Waals surface area contributed by atoms with Crippen molar-refractivity contribution in [3.63, 3.8) is 0 Å². The van der Waals surface area contributed by atoms with E-state index in [1.165, 1.54) is 31.4 Å². The lowest BCUT2D eigenvalue weighted by Gasteiger charge is -2.29. The molecular weight excluding hydrogens is 428 g/mol. The topological polar surface area (TPSA) is 90.2 Å². The number of allylic oxidation sites excluding steroid dienone is 4. The molecular formula is C28H38N2O4. The van der Waals surface area contributed by atoms with Gasteiger partial charge in [-0.05, 0) is 47.6 Å². The normalized spacial score (nSPS) is 19.6. The number of amides is 1. The highest BCUT2D eigenvalue weighted by molar-refractivity contribution is 6.12. The molecule has 184 valence electrons. The van der Waals surface area contributed by atoms with Gasteiger partial charge in [0.1, 0.15) is 5.71 Å². The lowest BCUT2D eigenvalue weighted by molar-refractivity contribution is -0.132. The van der Waals surface area contributed by atoms with Crippen molar-refractivity contribution < 1.29 is 19.9 Å². The number of carbonyl (C=O) groups is 2. The average molecular weight is 467 g/mol. The minimum Gasteiger partial charge on any atom is -0.478 e. The molecule has 0 saturated carbocycles. The van der Waals surface area contributed by atoms with Crippen molar-refractivity contribution in [2.45, 2.75) is 65.7 Å². The van der Waals surface area contributed by atoms with Crippen LogP contribution in [0.5, 0.6) is 0 Å². The first-order chi connectivity index (χ1) is 16.3. The van der Waals surface area contributed by atoms with E-state index < -0.39 is 5.97 Å². The Kier molecular flexibility index (Phi) is 10.8. The fraction of sp³-hybridized carbons (Fsp3) is 0.464. The van der Waals surface area contributed by atoms with Gasteiger partial charge in [-0.2, -0.15) is 0 Å². The fourth-order valence-corrected chi connectivity index (χ4v) is 3.87. The van der Waals surface area contributed by atoms with Crippen molar-refractivity contribution in [3.05, 3.63) is 65.3 Å². The van der Waals surface area contributed by atoms with Gasteiger partial charge < -0.3 is 15.2 Å². The molecule has 0 fully saturated rings. The summed E-state index contributed by atoms with van der Waals surface area (Å²) in [6, 6.07) is 6.49. The maximum atomic E-state index is 12.9. The van der Waals surface area contributed by atoms with Crippen molar-refractivity contribution in [2.75, 3.05) is 13.1 Å². The first-order valence-electron chi connectivity index (χ1n) is 12.1. The molecule has 0 saturated heterocycles. The predicted molar refractivity (Wildman–Crippen MR) is 137 cm³/mol. The van der Waals surface area contributed by atoms with Crippen molar-refractivity contribution in [1.82, 2.24) is 4.90 Å². The predicted octanol–water partition coefficient (Wildman–Crippen LogP) is 6.33. The Morgan fingerprint density at radius 1 is 1.15 bits per heavy atom. The molecule has 0 bridgehead atoms. The summed E-state index contributed by atoms with van der Waals surface area (Å²) < 4.78 is 0. The Hall–Kier alpha value is -3.15. The molecule has 1 aliphatic rings. The summed E-state index contributed by atoms with van der Waals surface area (Å²) in [5.41, 5.74) is 2.00. The van der Waals surface area contributed by atoms with Crippen molar-refractivity contribution in [3.8, 4) is 0 Å². The van der Waals surface area contributed by atoms with Crippen LogP contribution in [0.2, 0.25) is 0 Å². The summed E-state index contributed by atoms with van der Waals surface area (Å²) in [6.45, 7) is 7.65. The Bertz CT molecular complexity index is 940.